The number of hydrogen-bond donors (Lipinski definition) is 1. The molecule has 2 nitrogen and oxygen atoms in total. The lowest BCUT2D eigenvalue weighted by Crippen LogP contribution is -2.29. The number of aromatic nitrogens is 1. The van der Waals surface area contributed by atoms with Crippen LogP contribution in [0.3, 0.4) is 0 Å². The standard InChI is InChI=1S/C10H11NO/c1-3-8-6-5-7-11-10(8)9(12)4-2/h3-7,12H,2H2,1H3/b8-3-,10-9-. The van der Waals surface area contributed by atoms with Gasteiger partial charge in [0.05, 0.1) is 0 Å². The van der Waals surface area contributed by atoms with Crippen LogP contribution in [0.5, 0.6) is 0 Å². The molecule has 2 heteroatoms. The Kier molecular flexibility index (Phi) is 2.64. The summed E-state index contributed by atoms with van der Waals surface area (Å²) in [4.78, 5) is 4.03. The van der Waals surface area contributed by atoms with Gasteiger partial charge in [-0.1, -0.05) is 18.7 Å². The first-order chi connectivity index (χ1) is 5.79. The molecule has 0 spiro atoms. The third-order valence-electron chi connectivity index (χ3n) is 1.59. The quantitative estimate of drug-likeness (QED) is 0.658. The summed E-state index contributed by atoms with van der Waals surface area (Å²) in [6, 6.07) is 3.72. The summed E-state index contributed by atoms with van der Waals surface area (Å²) in [5.41, 5.74) is 0. The van der Waals surface area contributed by atoms with Crippen molar-refractivity contribution in [3.63, 3.8) is 0 Å². The van der Waals surface area contributed by atoms with E-state index in [1.54, 1.807) is 6.20 Å². The van der Waals surface area contributed by atoms with Crippen LogP contribution < -0.4 is 10.6 Å². The molecule has 0 saturated heterocycles. The molecular weight excluding hydrogens is 150 g/mol. The van der Waals surface area contributed by atoms with Crippen LogP contribution in [0.15, 0.2) is 31.0 Å². The SMILES string of the molecule is C=C/C(O)=c1/nccc/c1=C/C. The van der Waals surface area contributed by atoms with Crippen molar-refractivity contribution in [2.24, 2.45) is 0 Å². The molecule has 12 heavy (non-hydrogen) atoms. The van der Waals surface area contributed by atoms with E-state index < -0.39 is 0 Å². The van der Waals surface area contributed by atoms with Gasteiger partial charge in [0, 0.05) is 6.20 Å². The van der Waals surface area contributed by atoms with Gasteiger partial charge in [-0.3, -0.25) is 4.98 Å². The van der Waals surface area contributed by atoms with E-state index >= 15 is 0 Å². The predicted octanol–water partition coefficient (Wildman–Crippen LogP) is 0.734. The van der Waals surface area contributed by atoms with Crippen LogP contribution >= 0.6 is 0 Å². The molecule has 0 bridgehead atoms. The normalized spacial score (nSPS) is 14.2. The zero-order chi connectivity index (χ0) is 8.97. The van der Waals surface area contributed by atoms with Crippen molar-refractivity contribution in [2.45, 2.75) is 6.92 Å². The first-order valence-corrected chi connectivity index (χ1v) is 3.72. The molecule has 1 rings (SSSR count). The molecule has 1 aromatic heterocycles. The molecule has 1 heterocycles. The summed E-state index contributed by atoms with van der Waals surface area (Å²) in [7, 11) is 0. The van der Waals surface area contributed by atoms with Crippen LogP contribution in [0.1, 0.15) is 6.92 Å². The van der Waals surface area contributed by atoms with E-state index in [0.29, 0.717) is 5.35 Å². The van der Waals surface area contributed by atoms with E-state index in [1.807, 2.05) is 25.1 Å². The van der Waals surface area contributed by atoms with Gasteiger partial charge in [-0.2, -0.15) is 0 Å². The van der Waals surface area contributed by atoms with E-state index in [2.05, 4.69) is 11.6 Å². The van der Waals surface area contributed by atoms with Gasteiger partial charge < -0.3 is 5.11 Å². The predicted molar refractivity (Wildman–Crippen MR) is 49.9 cm³/mol. The lowest BCUT2D eigenvalue weighted by Gasteiger charge is -1.91. The van der Waals surface area contributed by atoms with Crippen molar-refractivity contribution in [1.29, 1.82) is 0 Å². The highest BCUT2D eigenvalue weighted by Gasteiger charge is 1.89. The average molecular weight is 161 g/mol. The van der Waals surface area contributed by atoms with Gasteiger partial charge in [0.25, 0.3) is 0 Å². The van der Waals surface area contributed by atoms with E-state index in [4.69, 9.17) is 0 Å². The Labute approximate surface area is 71.2 Å². The van der Waals surface area contributed by atoms with Crippen LogP contribution in [-0.2, 0) is 0 Å². The van der Waals surface area contributed by atoms with Crippen LogP contribution in [-0.4, -0.2) is 10.1 Å². The number of pyridine rings is 1. The topological polar surface area (TPSA) is 33.1 Å². The highest BCUT2D eigenvalue weighted by atomic mass is 16.3. The lowest BCUT2D eigenvalue weighted by molar-refractivity contribution is 0.509. The fraction of sp³-hybridized carbons (Fsp3) is 0.100. The van der Waals surface area contributed by atoms with Gasteiger partial charge in [-0.05, 0) is 24.3 Å². The molecule has 0 saturated carbocycles. The molecule has 0 aliphatic heterocycles. The largest absolute Gasteiger partial charge is 0.506 e. The second-order valence-corrected chi connectivity index (χ2v) is 2.32. The monoisotopic (exact) mass is 161 g/mol. The molecule has 1 N–H and O–H groups in total. The molecule has 0 unspecified atom stereocenters. The van der Waals surface area contributed by atoms with E-state index in [9.17, 15) is 5.11 Å². The highest BCUT2D eigenvalue weighted by Crippen LogP contribution is 1.81. The van der Waals surface area contributed by atoms with E-state index in [-0.39, 0.29) is 5.76 Å². The van der Waals surface area contributed by atoms with Gasteiger partial charge in [0.1, 0.15) is 11.1 Å². The molecule has 0 aromatic carbocycles. The zero-order valence-corrected chi connectivity index (χ0v) is 6.99. The fourth-order valence-electron chi connectivity index (χ4n) is 0.961. The van der Waals surface area contributed by atoms with Crippen molar-refractivity contribution in [3.8, 4) is 0 Å². The van der Waals surface area contributed by atoms with Gasteiger partial charge in [0.2, 0.25) is 0 Å². The number of nitrogens with zero attached hydrogens (tertiary/aromatic N) is 1. The van der Waals surface area contributed by atoms with Crippen LogP contribution in [0.4, 0.5) is 0 Å². The molecule has 1 aromatic rings. The number of rotatable bonds is 1. The van der Waals surface area contributed by atoms with Crippen molar-refractivity contribution in [2.75, 3.05) is 0 Å². The van der Waals surface area contributed by atoms with Crippen LogP contribution in [0.25, 0.3) is 11.8 Å². The summed E-state index contributed by atoms with van der Waals surface area (Å²) in [6.07, 6.45) is 4.92. The van der Waals surface area contributed by atoms with Gasteiger partial charge in [0.15, 0.2) is 0 Å². The number of hydrogen-bond acceptors (Lipinski definition) is 2. The van der Waals surface area contributed by atoms with Gasteiger partial charge in [-0.15, -0.1) is 0 Å². The molecule has 0 atom stereocenters. The lowest BCUT2D eigenvalue weighted by atomic mass is 10.3. The van der Waals surface area contributed by atoms with Gasteiger partial charge in [-0.25, -0.2) is 0 Å². The average Bonchev–Trinajstić information content (AvgIpc) is 2.16. The first kappa shape index (κ1) is 8.53. The maximum Gasteiger partial charge on any atom is 0.141 e. The molecule has 0 aliphatic carbocycles. The minimum absolute atomic E-state index is 0.115. The summed E-state index contributed by atoms with van der Waals surface area (Å²) in [6.45, 7) is 5.37. The van der Waals surface area contributed by atoms with Crippen molar-refractivity contribution >= 4 is 11.8 Å². The van der Waals surface area contributed by atoms with E-state index in [0.717, 1.165) is 5.22 Å². The Morgan fingerprint density at radius 2 is 2.42 bits per heavy atom. The highest BCUT2D eigenvalue weighted by molar-refractivity contribution is 5.45. The summed E-state index contributed by atoms with van der Waals surface area (Å²) < 4.78 is 0. The zero-order valence-electron chi connectivity index (χ0n) is 6.99. The fourth-order valence-corrected chi connectivity index (χ4v) is 0.961. The smallest absolute Gasteiger partial charge is 0.141 e. The van der Waals surface area contributed by atoms with Crippen molar-refractivity contribution < 1.29 is 5.11 Å². The number of aliphatic hydroxyl groups is 1. The Morgan fingerprint density at radius 1 is 1.67 bits per heavy atom. The molecule has 62 valence electrons. The van der Waals surface area contributed by atoms with Crippen molar-refractivity contribution in [1.82, 2.24) is 4.98 Å². The first-order valence-electron chi connectivity index (χ1n) is 3.72. The minimum Gasteiger partial charge on any atom is -0.506 e. The Hall–Kier alpha value is -1.57. The Bertz CT molecular complexity index is 393. The summed E-state index contributed by atoms with van der Waals surface area (Å²) in [5, 5.41) is 10.8. The maximum absolute atomic E-state index is 9.36. The summed E-state index contributed by atoms with van der Waals surface area (Å²) in [5.74, 6) is 0.115. The second-order valence-electron chi connectivity index (χ2n) is 2.32. The molecule has 0 radical (unpaired) electrons. The third kappa shape index (κ3) is 1.53. The molecule has 0 amide bonds. The minimum atomic E-state index is 0.115. The Morgan fingerprint density at radius 3 is 3.00 bits per heavy atom. The maximum atomic E-state index is 9.36. The van der Waals surface area contributed by atoms with Crippen LogP contribution in [0, 0.1) is 0 Å². The molecule has 0 aliphatic rings. The third-order valence-corrected chi connectivity index (χ3v) is 1.59. The number of aliphatic hydroxyl groups excluding tert-OH is 1. The van der Waals surface area contributed by atoms with Crippen molar-refractivity contribution in [3.05, 3.63) is 41.6 Å². The Balaban J connectivity index is 3.65. The van der Waals surface area contributed by atoms with E-state index in [1.165, 1.54) is 6.08 Å². The summed E-state index contributed by atoms with van der Waals surface area (Å²) >= 11 is 0. The van der Waals surface area contributed by atoms with Gasteiger partial charge >= 0.3 is 0 Å². The molecular formula is C10H11NO. The second kappa shape index (κ2) is 3.72. The molecule has 0 fully saturated rings. The van der Waals surface area contributed by atoms with Crippen LogP contribution in [0.2, 0.25) is 0 Å².